The highest BCUT2D eigenvalue weighted by Crippen LogP contribution is 2.41. The Morgan fingerprint density at radius 3 is 2.29 bits per heavy atom. The summed E-state index contributed by atoms with van der Waals surface area (Å²) in [6.45, 7) is 5.65. The number of hydrogen-bond acceptors (Lipinski definition) is 3. The lowest BCUT2D eigenvalue weighted by Gasteiger charge is -2.41. The number of hydrogen-bond donors (Lipinski definition) is 1. The lowest BCUT2D eigenvalue weighted by Crippen LogP contribution is -2.56. The summed E-state index contributed by atoms with van der Waals surface area (Å²) in [5, 5.41) is 3.30. The van der Waals surface area contributed by atoms with Gasteiger partial charge in [0.2, 0.25) is 11.8 Å². The molecule has 1 aromatic carbocycles. The first-order valence-electron chi connectivity index (χ1n) is 7.61. The molecule has 0 aliphatic carbocycles. The molecule has 2 heterocycles. The molecule has 21 heavy (non-hydrogen) atoms. The van der Waals surface area contributed by atoms with Gasteiger partial charge in [0.1, 0.15) is 0 Å². The van der Waals surface area contributed by atoms with E-state index in [1.54, 1.807) is 4.90 Å². The second-order valence-corrected chi connectivity index (χ2v) is 6.66. The third-order valence-electron chi connectivity index (χ3n) is 5.06. The average Bonchev–Trinajstić information content (AvgIpc) is 2.72. The van der Waals surface area contributed by atoms with Gasteiger partial charge in [0.15, 0.2) is 0 Å². The van der Waals surface area contributed by atoms with E-state index < -0.39 is 5.41 Å². The van der Waals surface area contributed by atoms with E-state index in [1.165, 1.54) is 0 Å². The quantitative estimate of drug-likeness (QED) is 0.844. The summed E-state index contributed by atoms with van der Waals surface area (Å²) >= 11 is 0. The number of nitrogens with zero attached hydrogens (tertiary/aromatic N) is 1. The molecule has 3 rings (SSSR count). The SMILES string of the molecule is CC1(c2ccccc2)CC(=O)N(C2(C)CCNCC2)C1=O. The van der Waals surface area contributed by atoms with Gasteiger partial charge in [-0.05, 0) is 45.3 Å². The van der Waals surface area contributed by atoms with Gasteiger partial charge in [-0.25, -0.2) is 0 Å². The van der Waals surface area contributed by atoms with E-state index in [0.717, 1.165) is 31.5 Å². The van der Waals surface area contributed by atoms with Crippen molar-refractivity contribution in [1.29, 1.82) is 0 Å². The summed E-state index contributed by atoms with van der Waals surface area (Å²) in [4.78, 5) is 27.1. The van der Waals surface area contributed by atoms with Gasteiger partial charge >= 0.3 is 0 Å². The Bertz CT molecular complexity index is 563. The molecule has 0 saturated carbocycles. The molecule has 2 aliphatic heterocycles. The van der Waals surface area contributed by atoms with Crippen molar-refractivity contribution in [2.75, 3.05) is 13.1 Å². The van der Waals surface area contributed by atoms with Gasteiger partial charge in [0.05, 0.1) is 11.0 Å². The van der Waals surface area contributed by atoms with Crippen LogP contribution in [0.3, 0.4) is 0 Å². The third-order valence-corrected chi connectivity index (χ3v) is 5.06. The maximum absolute atomic E-state index is 13.0. The fourth-order valence-electron chi connectivity index (χ4n) is 3.58. The van der Waals surface area contributed by atoms with Gasteiger partial charge < -0.3 is 5.32 Å². The van der Waals surface area contributed by atoms with Crippen molar-refractivity contribution in [3.63, 3.8) is 0 Å². The summed E-state index contributed by atoms with van der Waals surface area (Å²) in [5.74, 6) is -0.0705. The van der Waals surface area contributed by atoms with E-state index in [1.807, 2.05) is 44.2 Å². The van der Waals surface area contributed by atoms with E-state index in [-0.39, 0.29) is 23.8 Å². The predicted molar refractivity (Wildman–Crippen MR) is 80.8 cm³/mol. The first-order valence-corrected chi connectivity index (χ1v) is 7.61. The maximum Gasteiger partial charge on any atom is 0.240 e. The molecule has 0 radical (unpaired) electrons. The number of likely N-dealkylation sites (tertiary alicyclic amines) is 1. The second-order valence-electron chi connectivity index (χ2n) is 6.66. The zero-order valence-electron chi connectivity index (χ0n) is 12.7. The van der Waals surface area contributed by atoms with Crippen molar-refractivity contribution < 1.29 is 9.59 Å². The standard InChI is InChI=1S/C17H22N2O2/c1-16(8-10-18-11-9-16)19-14(20)12-17(2,15(19)21)13-6-4-3-5-7-13/h3-7,18H,8-12H2,1-2H3. The van der Waals surface area contributed by atoms with Gasteiger partial charge in [-0.15, -0.1) is 0 Å². The summed E-state index contributed by atoms with van der Waals surface area (Å²) < 4.78 is 0. The van der Waals surface area contributed by atoms with Gasteiger partial charge in [0, 0.05) is 6.42 Å². The van der Waals surface area contributed by atoms with E-state index in [2.05, 4.69) is 5.32 Å². The number of imide groups is 1. The number of piperidine rings is 1. The van der Waals surface area contributed by atoms with Crippen LogP contribution in [-0.4, -0.2) is 35.3 Å². The number of rotatable bonds is 2. The Balaban J connectivity index is 1.96. The molecular formula is C17H22N2O2. The highest BCUT2D eigenvalue weighted by molar-refractivity contribution is 6.09. The molecule has 112 valence electrons. The van der Waals surface area contributed by atoms with E-state index in [4.69, 9.17) is 0 Å². The Morgan fingerprint density at radius 2 is 1.67 bits per heavy atom. The minimum atomic E-state index is -0.716. The Kier molecular flexibility index (Phi) is 3.36. The average molecular weight is 286 g/mol. The second kappa shape index (κ2) is 4.95. The molecule has 2 saturated heterocycles. The van der Waals surface area contributed by atoms with Crippen LogP contribution in [-0.2, 0) is 15.0 Å². The maximum atomic E-state index is 13.0. The number of carbonyl (C=O) groups excluding carboxylic acids is 2. The van der Waals surface area contributed by atoms with Crippen LogP contribution in [0.5, 0.6) is 0 Å². The Hall–Kier alpha value is -1.68. The molecule has 2 fully saturated rings. The highest BCUT2D eigenvalue weighted by Gasteiger charge is 2.54. The smallest absolute Gasteiger partial charge is 0.240 e. The number of carbonyl (C=O) groups is 2. The van der Waals surface area contributed by atoms with Crippen molar-refractivity contribution in [2.24, 2.45) is 0 Å². The van der Waals surface area contributed by atoms with Crippen LogP contribution >= 0.6 is 0 Å². The number of nitrogens with one attached hydrogen (secondary N) is 1. The Morgan fingerprint density at radius 1 is 1.05 bits per heavy atom. The number of amides is 2. The van der Waals surface area contributed by atoms with Crippen LogP contribution in [0, 0.1) is 0 Å². The monoisotopic (exact) mass is 286 g/mol. The molecule has 2 aliphatic rings. The van der Waals surface area contributed by atoms with E-state index in [0.29, 0.717) is 0 Å². The van der Waals surface area contributed by atoms with E-state index >= 15 is 0 Å². The fraction of sp³-hybridized carbons (Fsp3) is 0.529. The zero-order chi connectivity index (χ0) is 15.1. The summed E-state index contributed by atoms with van der Waals surface area (Å²) in [6, 6.07) is 9.67. The molecule has 1 atom stereocenters. The zero-order valence-corrected chi connectivity index (χ0v) is 12.7. The Labute approximate surface area is 125 Å². The van der Waals surface area contributed by atoms with Crippen LogP contribution < -0.4 is 5.32 Å². The molecule has 4 nitrogen and oxygen atoms in total. The summed E-state index contributed by atoms with van der Waals surface area (Å²) in [5.41, 5.74) is -0.124. The molecule has 1 aromatic rings. The normalized spacial score (nSPS) is 29.0. The van der Waals surface area contributed by atoms with Gasteiger partial charge in [-0.1, -0.05) is 30.3 Å². The molecular weight excluding hydrogens is 264 g/mol. The summed E-state index contributed by atoms with van der Waals surface area (Å²) in [6.07, 6.45) is 1.93. The van der Waals surface area contributed by atoms with Crippen LogP contribution in [0.1, 0.15) is 38.7 Å². The van der Waals surface area contributed by atoms with Crippen LogP contribution in [0.2, 0.25) is 0 Å². The molecule has 4 heteroatoms. The molecule has 2 amide bonds. The minimum absolute atomic E-state index is 0.0317. The highest BCUT2D eigenvalue weighted by atomic mass is 16.2. The van der Waals surface area contributed by atoms with Crippen molar-refractivity contribution in [3.05, 3.63) is 35.9 Å². The molecule has 0 spiro atoms. The first-order chi connectivity index (χ1) is 9.97. The molecule has 1 N–H and O–H groups in total. The van der Waals surface area contributed by atoms with Crippen molar-refractivity contribution in [1.82, 2.24) is 10.2 Å². The topological polar surface area (TPSA) is 49.4 Å². The van der Waals surface area contributed by atoms with Crippen LogP contribution in [0.4, 0.5) is 0 Å². The van der Waals surface area contributed by atoms with Gasteiger partial charge in [-0.2, -0.15) is 0 Å². The minimum Gasteiger partial charge on any atom is -0.317 e. The van der Waals surface area contributed by atoms with Crippen molar-refractivity contribution in [3.8, 4) is 0 Å². The molecule has 1 unspecified atom stereocenters. The third kappa shape index (κ3) is 2.18. The first kappa shape index (κ1) is 14.3. The molecule has 0 aromatic heterocycles. The van der Waals surface area contributed by atoms with Crippen molar-refractivity contribution >= 4 is 11.8 Å². The number of benzene rings is 1. The van der Waals surface area contributed by atoms with Gasteiger partial charge in [0.25, 0.3) is 0 Å². The van der Waals surface area contributed by atoms with Crippen molar-refractivity contribution in [2.45, 2.75) is 44.1 Å². The fourth-order valence-corrected chi connectivity index (χ4v) is 3.58. The lowest BCUT2D eigenvalue weighted by atomic mass is 9.80. The summed E-state index contributed by atoms with van der Waals surface area (Å²) in [7, 11) is 0. The van der Waals surface area contributed by atoms with Gasteiger partial charge in [-0.3, -0.25) is 14.5 Å². The largest absolute Gasteiger partial charge is 0.317 e. The molecule has 0 bridgehead atoms. The van der Waals surface area contributed by atoms with Crippen LogP contribution in [0.15, 0.2) is 30.3 Å². The lowest BCUT2D eigenvalue weighted by molar-refractivity contribution is -0.147. The van der Waals surface area contributed by atoms with Crippen LogP contribution in [0.25, 0.3) is 0 Å². The predicted octanol–water partition coefficient (Wildman–Crippen LogP) is 1.85. The van der Waals surface area contributed by atoms with E-state index in [9.17, 15) is 9.59 Å².